The fraction of sp³-hybridized carbons (Fsp3) is 0.400. The summed E-state index contributed by atoms with van der Waals surface area (Å²) in [5.74, 6) is 0.525. The van der Waals surface area contributed by atoms with Gasteiger partial charge in [-0.3, -0.25) is 9.48 Å². The lowest BCUT2D eigenvalue weighted by Gasteiger charge is -2.01. The zero-order valence-corrected chi connectivity index (χ0v) is 8.29. The van der Waals surface area contributed by atoms with E-state index in [9.17, 15) is 18.0 Å². The van der Waals surface area contributed by atoms with Crippen LogP contribution < -0.4 is 0 Å². The highest BCUT2D eigenvalue weighted by Gasteiger charge is 2.39. The smallest absolute Gasteiger partial charge is 0.284 e. The van der Waals surface area contributed by atoms with E-state index in [1.807, 2.05) is 0 Å². The van der Waals surface area contributed by atoms with Gasteiger partial charge in [-0.25, -0.2) is 0 Å². The minimum Gasteiger partial charge on any atom is -0.284 e. The molecule has 1 rings (SSSR count). The Morgan fingerprint density at radius 3 is 2.81 bits per heavy atom. The highest BCUT2D eigenvalue weighted by molar-refractivity contribution is 5.99. The standard InChI is InChI=1S/C10H9F3N2O/c1-2-3-4-5-15-7-8(6-14-15)9(16)10(11,12)13/h1,6-7H,3-5H2. The number of alkyl halides is 3. The summed E-state index contributed by atoms with van der Waals surface area (Å²) in [6.45, 7) is 0.398. The molecule has 0 radical (unpaired) electrons. The van der Waals surface area contributed by atoms with E-state index >= 15 is 0 Å². The number of aromatic nitrogens is 2. The van der Waals surface area contributed by atoms with Crippen molar-refractivity contribution in [3.8, 4) is 12.3 Å². The minimum absolute atomic E-state index is 0.398. The summed E-state index contributed by atoms with van der Waals surface area (Å²) >= 11 is 0. The van der Waals surface area contributed by atoms with Crippen LogP contribution >= 0.6 is 0 Å². The van der Waals surface area contributed by atoms with Crippen LogP contribution in [-0.4, -0.2) is 21.7 Å². The maximum absolute atomic E-state index is 12.0. The van der Waals surface area contributed by atoms with Crippen molar-refractivity contribution in [3.05, 3.63) is 18.0 Å². The monoisotopic (exact) mass is 230 g/mol. The molecule has 0 unspecified atom stereocenters. The molecule has 0 aliphatic rings. The summed E-state index contributed by atoms with van der Waals surface area (Å²) in [5.41, 5.74) is -0.451. The number of ketones is 1. The van der Waals surface area contributed by atoms with E-state index in [4.69, 9.17) is 6.42 Å². The Balaban J connectivity index is 2.65. The second kappa shape index (κ2) is 4.84. The highest BCUT2D eigenvalue weighted by Crippen LogP contribution is 2.20. The molecule has 0 bridgehead atoms. The van der Waals surface area contributed by atoms with E-state index in [2.05, 4.69) is 11.0 Å². The van der Waals surface area contributed by atoms with Crippen molar-refractivity contribution in [2.24, 2.45) is 0 Å². The van der Waals surface area contributed by atoms with Gasteiger partial charge >= 0.3 is 6.18 Å². The predicted octanol–water partition coefficient (Wildman–Crippen LogP) is 2.04. The van der Waals surface area contributed by atoms with Crippen LogP contribution in [0.1, 0.15) is 23.2 Å². The Morgan fingerprint density at radius 1 is 1.56 bits per heavy atom. The van der Waals surface area contributed by atoms with Crippen LogP contribution in [0.15, 0.2) is 12.4 Å². The molecule has 0 fully saturated rings. The van der Waals surface area contributed by atoms with Crippen LogP contribution in [0.25, 0.3) is 0 Å². The molecular weight excluding hydrogens is 221 g/mol. The Hall–Kier alpha value is -1.77. The lowest BCUT2D eigenvalue weighted by atomic mass is 10.2. The van der Waals surface area contributed by atoms with Crippen LogP contribution in [0.5, 0.6) is 0 Å². The number of carbonyl (C=O) groups is 1. The van der Waals surface area contributed by atoms with Crippen LogP contribution in [0.4, 0.5) is 13.2 Å². The maximum Gasteiger partial charge on any atom is 0.454 e. The molecule has 0 aromatic carbocycles. The molecular formula is C10H9F3N2O. The van der Waals surface area contributed by atoms with E-state index in [0.29, 0.717) is 19.4 Å². The summed E-state index contributed by atoms with van der Waals surface area (Å²) < 4.78 is 37.4. The van der Waals surface area contributed by atoms with Crippen LogP contribution in [0.3, 0.4) is 0 Å². The number of carbonyl (C=O) groups excluding carboxylic acids is 1. The summed E-state index contributed by atoms with van der Waals surface area (Å²) in [6, 6.07) is 0. The number of nitrogens with zero attached hydrogens (tertiary/aromatic N) is 2. The molecule has 0 spiro atoms. The second-order valence-corrected chi connectivity index (χ2v) is 3.13. The third kappa shape index (κ3) is 3.12. The lowest BCUT2D eigenvalue weighted by molar-refractivity contribution is -0.0885. The molecule has 0 aliphatic heterocycles. The van der Waals surface area contributed by atoms with Gasteiger partial charge in [0, 0.05) is 19.2 Å². The number of unbranched alkanes of at least 4 members (excludes halogenated alkanes) is 1. The molecule has 1 aromatic heterocycles. The summed E-state index contributed by atoms with van der Waals surface area (Å²) in [6.07, 6.45) is 3.28. The zero-order chi connectivity index (χ0) is 12.2. The van der Waals surface area contributed by atoms with Crippen molar-refractivity contribution in [2.75, 3.05) is 0 Å². The van der Waals surface area contributed by atoms with Gasteiger partial charge < -0.3 is 0 Å². The average Bonchev–Trinajstić information content (AvgIpc) is 2.64. The van der Waals surface area contributed by atoms with Crippen LogP contribution in [-0.2, 0) is 6.54 Å². The van der Waals surface area contributed by atoms with Crippen LogP contribution in [0.2, 0.25) is 0 Å². The molecule has 0 amide bonds. The van der Waals surface area contributed by atoms with Crippen molar-refractivity contribution in [1.29, 1.82) is 0 Å². The van der Waals surface area contributed by atoms with Gasteiger partial charge in [-0.05, 0) is 6.42 Å². The first kappa shape index (κ1) is 12.3. The fourth-order valence-corrected chi connectivity index (χ4v) is 1.11. The number of aryl methyl sites for hydroxylation is 1. The Kier molecular flexibility index (Phi) is 3.72. The molecule has 6 heteroatoms. The van der Waals surface area contributed by atoms with E-state index in [-0.39, 0.29) is 0 Å². The molecule has 0 atom stereocenters. The number of halogens is 3. The van der Waals surface area contributed by atoms with E-state index in [1.54, 1.807) is 0 Å². The number of rotatable bonds is 4. The quantitative estimate of drug-likeness (QED) is 0.450. The summed E-state index contributed by atoms with van der Waals surface area (Å²) in [5, 5.41) is 3.65. The molecule has 3 nitrogen and oxygen atoms in total. The third-order valence-electron chi connectivity index (χ3n) is 1.86. The normalized spacial score (nSPS) is 11.1. The first-order valence-corrected chi connectivity index (χ1v) is 4.52. The topological polar surface area (TPSA) is 34.9 Å². The van der Waals surface area contributed by atoms with Gasteiger partial charge in [-0.2, -0.15) is 18.3 Å². The molecule has 0 saturated heterocycles. The minimum atomic E-state index is -4.85. The molecule has 0 N–H and O–H groups in total. The van der Waals surface area contributed by atoms with E-state index in [1.165, 1.54) is 4.68 Å². The van der Waals surface area contributed by atoms with Gasteiger partial charge in [-0.1, -0.05) is 0 Å². The summed E-state index contributed by atoms with van der Waals surface area (Å²) in [7, 11) is 0. The van der Waals surface area contributed by atoms with Gasteiger partial charge in [0.05, 0.1) is 11.8 Å². The first-order valence-electron chi connectivity index (χ1n) is 4.52. The van der Waals surface area contributed by atoms with Gasteiger partial charge in [-0.15, -0.1) is 12.3 Å². The Labute approximate surface area is 90.3 Å². The van der Waals surface area contributed by atoms with E-state index in [0.717, 1.165) is 12.4 Å². The number of hydrogen-bond acceptors (Lipinski definition) is 2. The van der Waals surface area contributed by atoms with Gasteiger partial charge in [0.2, 0.25) is 0 Å². The fourth-order valence-electron chi connectivity index (χ4n) is 1.11. The molecule has 0 saturated carbocycles. The second-order valence-electron chi connectivity index (χ2n) is 3.13. The molecule has 1 aromatic rings. The van der Waals surface area contributed by atoms with Crippen molar-refractivity contribution >= 4 is 5.78 Å². The highest BCUT2D eigenvalue weighted by atomic mass is 19.4. The summed E-state index contributed by atoms with van der Waals surface area (Å²) in [4.78, 5) is 10.8. The molecule has 1 heterocycles. The molecule has 0 aliphatic carbocycles. The van der Waals surface area contributed by atoms with Crippen molar-refractivity contribution in [3.63, 3.8) is 0 Å². The van der Waals surface area contributed by atoms with Crippen molar-refractivity contribution < 1.29 is 18.0 Å². The van der Waals surface area contributed by atoms with Crippen molar-refractivity contribution in [2.45, 2.75) is 25.6 Å². The largest absolute Gasteiger partial charge is 0.454 e. The lowest BCUT2D eigenvalue weighted by Crippen LogP contribution is -2.22. The first-order chi connectivity index (χ1) is 7.45. The van der Waals surface area contributed by atoms with Gasteiger partial charge in [0.15, 0.2) is 0 Å². The number of Topliss-reactive ketones (excluding diaryl/α,β-unsaturated/α-hetero) is 1. The van der Waals surface area contributed by atoms with Gasteiger partial charge in [0.1, 0.15) is 0 Å². The maximum atomic E-state index is 12.0. The van der Waals surface area contributed by atoms with E-state index < -0.39 is 17.5 Å². The molecule has 16 heavy (non-hydrogen) atoms. The SMILES string of the molecule is C#CCCCn1cc(C(=O)C(F)(F)F)cn1. The van der Waals surface area contributed by atoms with Crippen molar-refractivity contribution in [1.82, 2.24) is 9.78 Å². The van der Waals surface area contributed by atoms with Gasteiger partial charge in [0.25, 0.3) is 5.78 Å². The number of terminal acetylenes is 1. The predicted molar refractivity (Wildman–Crippen MR) is 50.7 cm³/mol. The third-order valence-corrected chi connectivity index (χ3v) is 1.86. The average molecular weight is 230 g/mol. The zero-order valence-electron chi connectivity index (χ0n) is 8.29. The molecule has 86 valence electrons. The Bertz CT molecular complexity index is 414. The number of hydrogen-bond donors (Lipinski definition) is 0. The Morgan fingerprint density at radius 2 is 2.25 bits per heavy atom. The van der Waals surface area contributed by atoms with Crippen LogP contribution in [0, 0.1) is 12.3 Å².